The molecule has 0 fully saturated rings. The summed E-state index contributed by atoms with van der Waals surface area (Å²) in [4.78, 5) is 0. The molecule has 2 heterocycles. The van der Waals surface area contributed by atoms with Crippen LogP contribution in [0.25, 0.3) is 66.1 Å². The van der Waals surface area contributed by atoms with Crippen molar-refractivity contribution < 1.29 is 79.0 Å². The highest BCUT2D eigenvalue weighted by Crippen LogP contribution is 2.46. The van der Waals surface area contributed by atoms with Crippen molar-refractivity contribution in [3.05, 3.63) is 142 Å². The van der Waals surface area contributed by atoms with E-state index in [1.807, 2.05) is 0 Å². The third kappa shape index (κ3) is 7.47. The Kier molecular flexibility index (Phi) is 9.63. The number of aromatic nitrogens is 2. The van der Waals surface area contributed by atoms with E-state index in [-0.39, 0.29) is 40.3 Å². The van der Waals surface area contributed by atoms with Crippen molar-refractivity contribution in [1.82, 2.24) is 9.13 Å². The molecule has 0 saturated heterocycles. The van der Waals surface area contributed by atoms with E-state index in [0.717, 1.165) is 45.5 Å². The lowest BCUT2D eigenvalue weighted by atomic mass is 9.96. The maximum absolute atomic E-state index is 14.2. The van der Waals surface area contributed by atoms with Gasteiger partial charge in [0, 0.05) is 21.5 Å². The molecule has 0 aliphatic carbocycles. The maximum atomic E-state index is 14.2. The number of nitriles is 1. The lowest BCUT2D eigenvalue weighted by Crippen LogP contribution is -2.11. The predicted octanol–water partition coefficient (Wildman–Crippen LogP) is 15.5. The molecule has 0 radical (unpaired) electrons. The normalized spacial score (nSPS) is 13.5. The summed E-state index contributed by atoms with van der Waals surface area (Å²) >= 11 is 0. The van der Waals surface area contributed by atoms with Crippen LogP contribution in [0.5, 0.6) is 0 Å². The molecule has 0 atom stereocenters. The minimum absolute atomic E-state index is 0.220. The summed E-state index contributed by atoms with van der Waals surface area (Å²) in [5.74, 6) is 0. The van der Waals surface area contributed by atoms with Crippen molar-refractivity contribution in [2.45, 2.75) is 37.1 Å². The van der Waals surface area contributed by atoms with Gasteiger partial charge >= 0.3 is 37.1 Å². The van der Waals surface area contributed by atoms with Gasteiger partial charge < -0.3 is 9.13 Å². The molecule has 0 aliphatic heterocycles. The van der Waals surface area contributed by atoms with Crippen molar-refractivity contribution in [3.8, 4) is 28.6 Å². The zero-order valence-corrected chi connectivity index (χ0v) is 31.0. The van der Waals surface area contributed by atoms with E-state index in [0.29, 0.717) is 48.5 Å². The number of fused-ring (bicyclic) bond motifs is 6. The molecule has 8 aromatic rings. The molecule has 0 unspecified atom stereocenters. The Labute approximate surface area is 344 Å². The average molecular weight is 918 g/mol. The largest absolute Gasteiger partial charge is 0.416 e. The van der Waals surface area contributed by atoms with E-state index in [4.69, 9.17) is 0 Å². The van der Waals surface area contributed by atoms with Gasteiger partial charge in [0.1, 0.15) is 11.6 Å². The van der Waals surface area contributed by atoms with Crippen LogP contribution in [-0.2, 0) is 37.1 Å². The molecule has 0 N–H and O–H groups in total. The van der Waals surface area contributed by atoms with Crippen molar-refractivity contribution in [2.75, 3.05) is 0 Å². The van der Waals surface area contributed by atoms with E-state index >= 15 is 0 Å². The Hall–Kier alpha value is -6.85. The number of halogens is 18. The molecule has 3 nitrogen and oxygen atoms in total. The van der Waals surface area contributed by atoms with Gasteiger partial charge in [-0.1, -0.05) is 0 Å². The molecular formula is C43H17F18N3. The molecule has 8 rings (SSSR count). The van der Waals surface area contributed by atoms with E-state index in [2.05, 4.69) is 0 Å². The zero-order valence-electron chi connectivity index (χ0n) is 31.0. The molecule has 21 heteroatoms. The van der Waals surface area contributed by atoms with Gasteiger partial charge in [0.25, 0.3) is 0 Å². The Morgan fingerprint density at radius 2 is 0.562 bits per heavy atom. The van der Waals surface area contributed by atoms with Gasteiger partial charge in [0.2, 0.25) is 0 Å². The van der Waals surface area contributed by atoms with Gasteiger partial charge in [0.05, 0.1) is 66.8 Å². The average Bonchev–Trinajstić information content (AvgIpc) is 3.69. The van der Waals surface area contributed by atoms with Crippen LogP contribution in [0.1, 0.15) is 38.9 Å². The molecule has 0 amide bonds. The number of rotatable bonds is 3. The van der Waals surface area contributed by atoms with E-state index < -0.39 is 120 Å². The van der Waals surface area contributed by atoms with Crippen LogP contribution in [0.2, 0.25) is 0 Å². The summed E-state index contributed by atoms with van der Waals surface area (Å²) < 4.78 is 255. The summed E-state index contributed by atoms with van der Waals surface area (Å²) in [7, 11) is 0. The van der Waals surface area contributed by atoms with Gasteiger partial charge in [-0.3, -0.25) is 0 Å². The first-order chi connectivity index (χ1) is 29.5. The maximum Gasteiger partial charge on any atom is 0.416 e. The monoisotopic (exact) mass is 917 g/mol. The third-order valence-electron chi connectivity index (χ3n) is 10.5. The Morgan fingerprint density at radius 1 is 0.312 bits per heavy atom. The second kappa shape index (κ2) is 14.1. The third-order valence-corrected chi connectivity index (χ3v) is 10.5. The second-order valence-corrected chi connectivity index (χ2v) is 14.4. The summed E-state index contributed by atoms with van der Waals surface area (Å²) in [5.41, 5.74) is -14.1. The van der Waals surface area contributed by atoms with Crippen LogP contribution in [0.4, 0.5) is 79.0 Å². The summed E-state index contributed by atoms with van der Waals surface area (Å²) in [6.45, 7) is 0. The SMILES string of the molecule is N#Cc1c(-n2c3ccc(C(F)(F)F)cc3c3cc(C(F)(F)F)ccc32)cc(-c2cc(C(F)(F)F)cc(C(F)(F)F)c2)cc1-n1c2ccc(C(F)(F)F)cc2c2cc(C(F)(F)F)ccc21. The molecule has 0 saturated carbocycles. The quantitative estimate of drug-likeness (QED) is 0.163. The molecule has 330 valence electrons. The van der Waals surface area contributed by atoms with Gasteiger partial charge in [-0.05, 0) is 114 Å². The molecule has 0 aliphatic rings. The number of hydrogen-bond donors (Lipinski definition) is 0. The highest BCUT2D eigenvalue weighted by Gasteiger charge is 2.39. The molecule has 64 heavy (non-hydrogen) atoms. The zero-order chi connectivity index (χ0) is 46.9. The fraction of sp³-hybridized carbons (Fsp3) is 0.140. The lowest BCUT2D eigenvalue weighted by Gasteiger charge is -2.20. The van der Waals surface area contributed by atoms with E-state index in [1.54, 1.807) is 6.07 Å². The number of hydrogen-bond acceptors (Lipinski definition) is 1. The van der Waals surface area contributed by atoms with Gasteiger partial charge in [-0.15, -0.1) is 0 Å². The van der Waals surface area contributed by atoms with Crippen molar-refractivity contribution in [2.24, 2.45) is 0 Å². The first-order valence-electron chi connectivity index (χ1n) is 17.8. The second-order valence-electron chi connectivity index (χ2n) is 14.4. The predicted molar refractivity (Wildman–Crippen MR) is 195 cm³/mol. The first-order valence-corrected chi connectivity index (χ1v) is 17.8. The Morgan fingerprint density at radius 3 is 0.797 bits per heavy atom. The number of alkyl halides is 18. The van der Waals surface area contributed by atoms with Crippen LogP contribution in [0.15, 0.2) is 103 Å². The minimum atomic E-state index is -5.44. The first kappa shape index (κ1) is 43.8. The van der Waals surface area contributed by atoms with Crippen molar-refractivity contribution in [1.29, 1.82) is 5.26 Å². The minimum Gasteiger partial charge on any atom is -0.308 e. The van der Waals surface area contributed by atoms with E-state index in [1.165, 1.54) is 0 Å². The van der Waals surface area contributed by atoms with Crippen molar-refractivity contribution >= 4 is 43.6 Å². The van der Waals surface area contributed by atoms with Crippen LogP contribution in [-0.4, -0.2) is 9.13 Å². The number of nitrogens with zero attached hydrogens (tertiary/aromatic N) is 3. The van der Waals surface area contributed by atoms with Crippen LogP contribution in [0, 0.1) is 11.3 Å². The van der Waals surface area contributed by atoms with Crippen molar-refractivity contribution in [3.63, 3.8) is 0 Å². The smallest absolute Gasteiger partial charge is 0.308 e. The summed E-state index contributed by atoms with van der Waals surface area (Å²) in [5, 5.41) is 8.78. The summed E-state index contributed by atoms with van der Waals surface area (Å²) in [6.07, 6.45) is -31.2. The van der Waals surface area contributed by atoms with Gasteiger partial charge in [0.15, 0.2) is 0 Å². The molecule has 6 aromatic carbocycles. The van der Waals surface area contributed by atoms with Crippen LogP contribution in [0.3, 0.4) is 0 Å². The number of benzene rings is 6. The summed E-state index contributed by atoms with van der Waals surface area (Å²) in [6, 6.07) is 10.7. The highest BCUT2D eigenvalue weighted by molar-refractivity contribution is 6.12. The van der Waals surface area contributed by atoms with Gasteiger partial charge in [-0.2, -0.15) is 84.3 Å². The molecule has 0 bridgehead atoms. The van der Waals surface area contributed by atoms with Crippen LogP contribution < -0.4 is 0 Å². The Bertz CT molecular complexity index is 2910. The molecular weight excluding hydrogens is 900 g/mol. The molecule has 2 aromatic heterocycles. The van der Waals surface area contributed by atoms with Crippen LogP contribution >= 0.6 is 0 Å². The fourth-order valence-electron chi connectivity index (χ4n) is 7.64. The molecule has 0 spiro atoms. The topological polar surface area (TPSA) is 33.6 Å². The lowest BCUT2D eigenvalue weighted by molar-refractivity contribution is -0.143. The highest BCUT2D eigenvalue weighted by atomic mass is 19.4. The van der Waals surface area contributed by atoms with Gasteiger partial charge in [-0.25, -0.2) is 0 Å². The standard InChI is InChI=1S/C43H17F18N3/c44-38(45,46)21-1-5-32-27(14-21)28-15-22(39(47,48)49)2-6-33(28)63(32)36-11-20(19-9-25(42(56,57)58)13-26(10-19)43(59,60)61)12-37(31(36)18-62)64-34-7-3-23(40(50,51)52)16-29(34)30-17-24(41(53,54)55)4-8-35(30)64/h1-17H. The Balaban J connectivity index is 1.59. The fourth-order valence-corrected chi connectivity index (χ4v) is 7.64. The van der Waals surface area contributed by atoms with E-state index in [9.17, 15) is 84.3 Å².